The Morgan fingerprint density at radius 3 is 3.06 bits per heavy atom. The summed E-state index contributed by atoms with van der Waals surface area (Å²) in [6.07, 6.45) is 0.939. The lowest BCUT2D eigenvalue weighted by Crippen LogP contribution is -2.26. The Morgan fingerprint density at radius 1 is 1.65 bits per heavy atom. The molecule has 0 spiro atoms. The van der Waals surface area contributed by atoms with Crippen LogP contribution >= 0.6 is 0 Å². The van der Waals surface area contributed by atoms with E-state index in [1.54, 1.807) is 0 Å². The van der Waals surface area contributed by atoms with Crippen LogP contribution in [-0.2, 0) is 4.74 Å². The third-order valence-corrected chi connectivity index (χ3v) is 2.28. The number of aromatic nitrogens is 2. The van der Waals surface area contributed by atoms with E-state index in [0.717, 1.165) is 4.57 Å². The number of rotatable bonds is 3. The molecule has 2 heterocycles. The molecule has 0 radical (unpaired) electrons. The van der Waals surface area contributed by atoms with Gasteiger partial charge in [-0.05, 0) is 6.07 Å². The molecular weight excluding hydrogens is 228 g/mol. The summed E-state index contributed by atoms with van der Waals surface area (Å²) in [5.41, 5.74) is 4.72. The summed E-state index contributed by atoms with van der Waals surface area (Å²) in [6.45, 7) is -0.196. The van der Waals surface area contributed by atoms with Crippen LogP contribution in [0.1, 0.15) is 0 Å². The molecule has 0 aromatic carbocycles. The van der Waals surface area contributed by atoms with Gasteiger partial charge in [0.15, 0.2) is 6.10 Å². The van der Waals surface area contributed by atoms with Crippen molar-refractivity contribution >= 4 is 11.7 Å². The number of ether oxygens (including phenoxy) is 1. The van der Waals surface area contributed by atoms with Crippen molar-refractivity contribution in [2.45, 2.75) is 12.2 Å². The first-order valence-electron chi connectivity index (χ1n) is 4.83. The van der Waals surface area contributed by atoms with Gasteiger partial charge in [-0.15, -0.1) is 0 Å². The number of nitrogen functional groups attached to an aromatic ring is 1. The van der Waals surface area contributed by atoms with Crippen molar-refractivity contribution in [3.63, 3.8) is 0 Å². The van der Waals surface area contributed by atoms with Gasteiger partial charge in [-0.2, -0.15) is 9.89 Å². The highest BCUT2D eigenvalue weighted by Gasteiger charge is 2.29. The summed E-state index contributed by atoms with van der Waals surface area (Å²) in [6, 6.07) is 1.42. The summed E-state index contributed by atoms with van der Waals surface area (Å²) < 4.78 is 6.31. The molecule has 2 rings (SSSR count). The molecule has 90 valence electrons. The molecule has 8 heteroatoms. The maximum Gasteiger partial charge on any atom is 0.356 e. The topological polar surface area (TPSA) is 120 Å². The van der Waals surface area contributed by atoms with E-state index in [1.807, 2.05) is 0 Å². The third kappa shape index (κ3) is 2.16. The van der Waals surface area contributed by atoms with Crippen molar-refractivity contribution in [1.29, 1.82) is 0 Å². The Bertz CT molecular complexity index is 524. The summed E-state index contributed by atoms with van der Waals surface area (Å²) in [4.78, 5) is 25.1. The lowest BCUT2D eigenvalue weighted by atomic mass is 10.2. The van der Waals surface area contributed by atoms with Crippen molar-refractivity contribution in [2.24, 2.45) is 5.18 Å². The van der Waals surface area contributed by atoms with Crippen LogP contribution in [0.5, 0.6) is 0 Å². The van der Waals surface area contributed by atoms with Crippen LogP contribution in [-0.4, -0.2) is 33.4 Å². The SMILES string of the molecule is Nc1ccn(C2=CC(O)C(CN=O)O2)c(=O)n1. The van der Waals surface area contributed by atoms with E-state index in [1.165, 1.54) is 18.3 Å². The molecule has 1 aromatic rings. The minimum absolute atomic E-state index is 0.0940. The fraction of sp³-hybridized carbons (Fsp3) is 0.333. The smallest absolute Gasteiger partial charge is 0.356 e. The summed E-state index contributed by atoms with van der Waals surface area (Å²) in [5.74, 6) is 0.208. The number of hydrogen-bond donors (Lipinski definition) is 2. The van der Waals surface area contributed by atoms with E-state index in [-0.39, 0.29) is 18.2 Å². The first kappa shape index (κ1) is 11.3. The van der Waals surface area contributed by atoms with Crippen LogP contribution < -0.4 is 11.4 Å². The highest BCUT2D eigenvalue weighted by Crippen LogP contribution is 2.20. The number of hydrogen-bond acceptors (Lipinski definition) is 7. The minimum Gasteiger partial charge on any atom is -0.470 e. The van der Waals surface area contributed by atoms with E-state index >= 15 is 0 Å². The van der Waals surface area contributed by atoms with Crippen molar-refractivity contribution in [1.82, 2.24) is 9.55 Å². The van der Waals surface area contributed by atoms with Crippen LogP contribution in [0.4, 0.5) is 5.82 Å². The van der Waals surface area contributed by atoms with Gasteiger partial charge in [-0.3, -0.25) is 0 Å². The molecular formula is C9H10N4O4. The van der Waals surface area contributed by atoms with Crippen molar-refractivity contribution < 1.29 is 9.84 Å². The second-order valence-electron chi connectivity index (χ2n) is 3.47. The Hall–Kier alpha value is -2.22. The zero-order chi connectivity index (χ0) is 12.4. The van der Waals surface area contributed by atoms with Crippen molar-refractivity contribution in [2.75, 3.05) is 12.3 Å². The molecule has 0 saturated heterocycles. The average molecular weight is 238 g/mol. The molecule has 1 aliphatic rings. The first-order chi connectivity index (χ1) is 8.11. The van der Waals surface area contributed by atoms with E-state index in [0.29, 0.717) is 0 Å². The highest BCUT2D eigenvalue weighted by molar-refractivity contribution is 5.43. The van der Waals surface area contributed by atoms with E-state index in [4.69, 9.17) is 10.5 Å². The van der Waals surface area contributed by atoms with Crippen LogP contribution in [0, 0.1) is 4.91 Å². The second-order valence-corrected chi connectivity index (χ2v) is 3.47. The van der Waals surface area contributed by atoms with Gasteiger partial charge in [0.1, 0.15) is 18.5 Å². The van der Waals surface area contributed by atoms with E-state index in [2.05, 4.69) is 10.2 Å². The zero-order valence-electron chi connectivity index (χ0n) is 8.68. The number of anilines is 1. The molecule has 8 nitrogen and oxygen atoms in total. The van der Waals surface area contributed by atoms with Crippen LogP contribution in [0.15, 0.2) is 28.3 Å². The lowest BCUT2D eigenvalue weighted by Gasteiger charge is -2.12. The van der Waals surface area contributed by atoms with Gasteiger partial charge in [0, 0.05) is 12.3 Å². The zero-order valence-corrected chi connectivity index (χ0v) is 8.68. The summed E-state index contributed by atoms with van der Waals surface area (Å²) >= 11 is 0. The lowest BCUT2D eigenvalue weighted by molar-refractivity contribution is 0.0737. The fourth-order valence-electron chi connectivity index (χ4n) is 1.46. The standard InChI is InChI=1S/C9H10N4O4/c10-7-1-2-13(9(15)12-7)8-3-5(14)6(17-8)4-11-16/h1-3,5-6,14H,4H2,(H2,10,12,15). The van der Waals surface area contributed by atoms with Gasteiger partial charge in [0.05, 0.1) is 0 Å². The Balaban J connectivity index is 2.28. The summed E-state index contributed by atoms with van der Waals surface area (Å²) in [5, 5.41) is 12.2. The van der Waals surface area contributed by atoms with Gasteiger partial charge in [0.2, 0.25) is 5.88 Å². The normalized spacial score (nSPS) is 23.0. The Morgan fingerprint density at radius 2 is 2.41 bits per heavy atom. The van der Waals surface area contributed by atoms with Gasteiger partial charge in [0.25, 0.3) is 0 Å². The third-order valence-electron chi connectivity index (χ3n) is 2.28. The predicted octanol–water partition coefficient (Wildman–Crippen LogP) is -0.850. The van der Waals surface area contributed by atoms with Crippen LogP contribution in [0.3, 0.4) is 0 Å². The largest absolute Gasteiger partial charge is 0.470 e. The average Bonchev–Trinajstić information content (AvgIpc) is 2.60. The Labute approximate surface area is 95.3 Å². The predicted molar refractivity (Wildman–Crippen MR) is 58.7 cm³/mol. The molecule has 0 saturated carbocycles. The molecule has 17 heavy (non-hydrogen) atoms. The quantitative estimate of drug-likeness (QED) is 0.662. The molecule has 1 aliphatic heterocycles. The van der Waals surface area contributed by atoms with Gasteiger partial charge >= 0.3 is 5.69 Å². The minimum atomic E-state index is -0.979. The number of nitrogens with zero attached hydrogens (tertiary/aromatic N) is 3. The highest BCUT2D eigenvalue weighted by atomic mass is 16.5. The molecule has 0 fully saturated rings. The molecule has 0 bridgehead atoms. The molecule has 0 aliphatic carbocycles. The maximum atomic E-state index is 11.5. The fourth-order valence-corrected chi connectivity index (χ4v) is 1.46. The molecule has 2 atom stereocenters. The van der Waals surface area contributed by atoms with Crippen LogP contribution in [0.2, 0.25) is 0 Å². The summed E-state index contributed by atoms with van der Waals surface area (Å²) in [7, 11) is 0. The van der Waals surface area contributed by atoms with E-state index in [9.17, 15) is 14.8 Å². The van der Waals surface area contributed by atoms with Gasteiger partial charge in [-0.25, -0.2) is 9.36 Å². The van der Waals surface area contributed by atoms with Crippen molar-refractivity contribution in [3.05, 3.63) is 33.7 Å². The number of aliphatic hydroxyl groups is 1. The second kappa shape index (κ2) is 4.34. The van der Waals surface area contributed by atoms with Crippen LogP contribution in [0.25, 0.3) is 5.88 Å². The molecule has 3 N–H and O–H groups in total. The number of nitroso groups, excluding NO2 is 1. The maximum absolute atomic E-state index is 11.5. The Kier molecular flexibility index (Phi) is 2.88. The monoisotopic (exact) mass is 238 g/mol. The van der Waals surface area contributed by atoms with Gasteiger partial charge in [-0.1, -0.05) is 5.18 Å². The number of nitrogens with two attached hydrogens (primary N) is 1. The number of aliphatic hydroxyl groups excluding tert-OH is 1. The van der Waals surface area contributed by atoms with E-state index < -0.39 is 17.9 Å². The molecule has 0 amide bonds. The molecule has 1 aromatic heterocycles. The van der Waals surface area contributed by atoms with Gasteiger partial charge < -0.3 is 15.6 Å². The first-order valence-corrected chi connectivity index (χ1v) is 4.83. The molecule has 2 unspecified atom stereocenters. The van der Waals surface area contributed by atoms with Crippen molar-refractivity contribution in [3.8, 4) is 0 Å².